The Morgan fingerprint density at radius 3 is 0.972 bits per heavy atom. The first-order valence-corrected chi connectivity index (χ1v) is 10.9. The predicted octanol–water partition coefficient (Wildman–Crippen LogP) is 3.94. The van der Waals surface area contributed by atoms with E-state index >= 15 is 0 Å². The van der Waals surface area contributed by atoms with Crippen LogP contribution in [0.15, 0.2) is 91.8 Å². The summed E-state index contributed by atoms with van der Waals surface area (Å²) in [5.74, 6) is -2.13. The molecule has 4 rings (SSSR count). The normalized spacial score (nSPS) is 10.3. The van der Waals surface area contributed by atoms with E-state index in [2.05, 4.69) is 15.0 Å². The van der Waals surface area contributed by atoms with Crippen molar-refractivity contribution in [1.29, 1.82) is 0 Å². The van der Waals surface area contributed by atoms with Gasteiger partial charge in [-0.2, -0.15) is 0 Å². The minimum atomic E-state index is -0.709. The molecule has 0 saturated carbocycles. The Hall–Kier alpha value is -4.92. The minimum absolute atomic E-state index is 0.000107. The number of rotatable bonds is 9. The number of nitrogens with zero attached hydrogens (tertiary/aromatic N) is 3. The summed E-state index contributed by atoms with van der Waals surface area (Å²) in [7, 11) is 0. The molecular formula is C27H21N3O6. The molecule has 180 valence electrons. The Kier molecular flexibility index (Phi) is 8.06. The highest BCUT2D eigenvalue weighted by Gasteiger charge is 2.19. The van der Waals surface area contributed by atoms with E-state index in [-0.39, 0.29) is 36.5 Å². The van der Waals surface area contributed by atoms with Gasteiger partial charge in [0.25, 0.3) is 0 Å². The molecule has 0 bridgehead atoms. The second-order valence-corrected chi connectivity index (χ2v) is 7.59. The molecule has 0 spiro atoms. The number of benzene rings is 1. The van der Waals surface area contributed by atoms with Gasteiger partial charge in [0.05, 0.1) is 16.7 Å². The number of esters is 3. The summed E-state index contributed by atoms with van der Waals surface area (Å²) in [4.78, 5) is 50.1. The molecule has 0 amide bonds. The molecule has 9 nitrogen and oxygen atoms in total. The molecule has 3 heterocycles. The summed E-state index contributed by atoms with van der Waals surface area (Å²) < 4.78 is 16.1. The van der Waals surface area contributed by atoms with Crippen molar-refractivity contribution in [3.8, 4) is 0 Å². The van der Waals surface area contributed by atoms with E-state index in [4.69, 9.17) is 14.2 Å². The number of carbonyl (C=O) groups excluding carboxylic acids is 3. The van der Waals surface area contributed by atoms with Crippen molar-refractivity contribution >= 4 is 17.9 Å². The summed E-state index contributed by atoms with van der Waals surface area (Å²) in [5, 5.41) is 0. The van der Waals surface area contributed by atoms with Crippen molar-refractivity contribution < 1.29 is 28.6 Å². The molecule has 3 aromatic heterocycles. The molecule has 0 unspecified atom stereocenters. The summed E-state index contributed by atoms with van der Waals surface area (Å²) in [6.45, 7) is -0.000320. The fourth-order valence-corrected chi connectivity index (χ4v) is 3.11. The van der Waals surface area contributed by atoms with Crippen LogP contribution in [-0.2, 0) is 34.0 Å². The van der Waals surface area contributed by atoms with E-state index in [0.29, 0.717) is 0 Å². The third-order valence-corrected chi connectivity index (χ3v) is 5.00. The van der Waals surface area contributed by atoms with Gasteiger partial charge in [0.2, 0.25) is 0 Å². The van der Waals surface area contributed by atoms with Crippen LogP contribution in [0.2, 0.25) is 0 Å². The van der Waals surface area contributed by atoms with Crippen LogP contribution in [-0.4, -0.2) is 32.9 Å². The van der Waals surface area contributed by atoms with Crippen LogP contribution in [0.3, 0.4) is 0 Å². The van der Waals surface area contributed by atoms with Crippen molar-refractivity contribution in [2.24, 2.45) is 0 Å². The molecule has 0 aliphatic carbocycles. The van der Waals surface area contributed by atoms with Crippen LogP contribution >= 0.6 is 0 Å². The number of carbonyl (C=O) groups is 3. The number of pyridine rings is 3. The van der Waals surface area contributed by atoms with Crippen LogP contribution in [0, 0.1) is 0 Å². The van der Waals surface area contributed by atoms with Gasteiger partial charge in [-0.3, -0.25) is 15.0 Å². The zero-order valence-corrected chi connectivity index (χ0v) is 19.1. The standard InChI is InChI=1S/C27H21N3O6/c31-25(34-16-19-1-7-28-8-2-19)22-13-23(26(32)35-17-20-3-9-29-10-4-20)15-24(14-22)27(33)36-18-21-5-11-30-12-6-21/h1-15H,16-18H2. The van der Waals surface area contributed by atoms with E-state index in [1.165, 1.54) is 18.2 Å². The fraction of sp³-hybridized carbons (Fsp3) is 0.111. The average Bonchev–Trinajstić information content (AvgIpc) is 2.94. The first kappa shape index (κ1) is 24.2. The van der Waals surface area contributed by atoms with Crippen LogP contribution in [0.1, 0.15) is 47.8 Å². The number of hydrogen-bond acceptors (Lipinski definition) is 9. The molecule has 0 fully saturated rings. The molecule has 0 saturated heterocycles. The summed E-state index contributed by atoms with van der Waals surface area (Å²) >= 11 is 0. The van der Waals surface area contributed by atoms with Crippen molar-refractivity contribution in [3.63, 3.8) is 0 Å². The Morgan fingerprint density at radius 1 is 0.472 bits per heavy atom. The molecule has 4 aromatic rings. The van der Waals surface area contributed by atoms with Crippen molar-refractivity contribution in [2.75, 3.05) is 0 Å². The first-order valence-electron chi connectivity index (χ1n) is 10.9. The van der Waals surface area contributed by atoms with E-state index < -0.39 is 17.9 Å². The molecule has 0 radical (unpaired) electrons. The highest BCUT2D eigenvalue weighted by atomic mass is 16.5. The highest BCUT2D eigenvalue weighted by Crippen LogP contribution is 2.17. The van der Waals surface area contributed by atoms with Gasteiger partial charge in [0.15, 0.2) is 0 Å². The number of ether oxygens (including phenoxy) is 3. The number of hydrogen-bond donors (Lipinski definition) is 0. The molecule has 9 heteroatoms. The molecule has 0 N–H and O–H groups in total. The van der Waals surface area contributed by atoms with Gasteiger partial charge in [-0.25, -0.2) is 14.4 Å². The Bertz CT molecular complexity index is 1150. The maximum Gasteiger partial charge on any atom is 0.338 e. The van der Waals surface area contributed by atoms with Gasteiger partial charge in [-0.1, -0.05) is 0 Å². The van der Waals surface area contributed by atoms with Gasteiger partial charge in [-0.05, 0) is 71.3 Å². The lowest BCUT2D eigenvalue weighted by atomic mass is 10.1. The average molecular weight is 483 g/mol. The molecule has 0 aliphatic rings. The van der Waals surface area contributed by atoms with Crippen molar-refractivity contribution in [3.05, 3.63) is 125 Å². The zero-order valence-electron chi connectivity index (χ0n) is 19.1. The van der Waals surface area contributed by atoms with Crippen molar-refractivity contribution in [1.82, 2.24) is 15.0 Å². The van der Waals surface area contributed by atoms with E-state index in [0.717, 1.165) is 16.7 Å². The summed E-state index contributed by atoms with van der Waals surface area (Å²) in [6, 6.07) is 14.2. The molecule has 1 aromatic carbocycles. The lowest BCUT2D eigenvalue weighted by Crippen LogP contribution is -2.13. The zero-order chi connectivity index (χ0) is 25.2. The van der Waals surface area contributed by atoms with Crippen LogP contribution in [0.4, 0.5) is 0 Å². The third kappa shape index (κ3) is 6.80. The molecule has 0 atom stereocenters. The lowest BCUT2D eigenvalue weighted by Gasteiger charge is -2.11. The van der Waals surface area contributed by atoms with Crippen molar-refractivity contribution in [2.45, 2.75) is 19.8 Å². The highest BCUT2D eigenvalue weighted by molar-refractivity contribution is 6.00. The predicted molar refractivity (Wildman–Crippen MR) is 127 cm³/mol. The van der Waals surface area contributed by atoms with E-state index in [9.17, 15) is 14.4 Å². The third-order valence-electron chi connectivity index (χ3n) is 5.00. The molecular weight excluding hydrogens is 462 g/mol. The number of aromatic nitrogens is 3. The SMILES string of the molecule is O=C(OCc1ccncc1)c1cc(C(=O)OCc2ccncc2)cc(C(=O)OCc2ccncc2)c1. The molecule has 36 heavy (non-hydrogen) atoms. The maximum atomic E-state index is 12.8. The smallest absolute Gasteiger partial charge is 0.338 e. The van der Waals surface area contributed by atoms with Gasteiger partial charge >= 0.3 is 17.9 Å². The van der Waals surface area contributed by atoms with E-state index in [1.807, 2.05) is 0 Å². The largest absolute Gasteiger partial charge is 0.457 e. The summed E-state index contributed by atoms with van der Waals surface area (Å²) in [5.41, 5.74) is 2.25. The van der Waals surface area contributed by atoms with Gasteiger partial charge in [0, 0.05) is 37.2 Å². The Labute approximate surface area is 206 Å². The Balaban J connectivity index is 1.52. The molecule has 0 aliphatic heterocycles. The van der Waals surface area contributed by atoms with Gasteiger partial charge in [0.1, 0.15) is 19.8 Å². The second kappa shape index (κ2) is 12.0. The van der Waals surface area contributed by atoms with Crippen LogP contribution in [0.25, 0.3) is 0 Å². The van der Waals surface area contributed by atoms with Gasteiger partial charge in [-0.15, -0.1) is 0 Å². The topological polar surface area (TPSA) is 118 Å². The maximum absolute atomic E-state index is 12.8. The van der Waals surface area contributed by atoms with Crippen LogP contribution in [0.5, 0.6) is 0 Å². The fourth-order valence-electron chi connectivity index (χ4n) is 3.11. The van der Waals surface area contributed by atoms with Gasteiger partial charge < -0.3 is 14.2 Å². The minimum Gasteiger partial charge on any atom is -0.457 e. The second-order valence-electron chi connectivity index (χ2n) is 7.59. The van der Waals surface area contributed by atoms with E-state index in [1.54, 1.807) is 73.6 Å². The first-order chi connectivity index (χ1) is 17.6. The monoisotopic (exact) mass is 483 g/mol. The Morgan fingerprint density at radius 2 is 0.722 bits per heavy atom. The lowest BCUT2D eigenvalue weighted by molar-refractivity contribution is 0.0468. The van der Waals surface area contributed by atoms with Crippen LogP contribution < -0.4 is 0 Å². The quantitative estimate of drug-likeness (QED) is 0.258. The summed E-state index contributed by atoms with van der Waals surface area (Å²) in [6.07, 6.45) is 9.50.